The summed E-state index contributed by atoms with van der Waals surface area (Å²) in [7, 11) is 3.25. The summed E-state index contributed by atoms with van der Waals surface area (Å²) in [5.74, 6) is 2.40. The molecule has 1 saturated heterocycles. The highest BCUT2D eigenvalue weighted by Crippen LogP contribution is 2.39. The van der Waals surface area contributed by atoms with E-state index in [4.69, 9.17) is 14.2 Å². The number of carbonyl (C=O) groups is 1. The van der Waals surface area contributed by atoms with Crippen molar-refractivity contribution < 1.29 is 19.0 Å². The van der Waals surface area contributed by atoms with Crippen LogP contribution < -0.4 is 19.5 Å². The van der Waals surface area contributed by atoms with Crippen molar-refractivity contribution in [3.63, 3.8) is 0 Å². The third-order valence-corrected chi connectivity index (χ3v) is 6.27. The summed E-state index contributed by atoms with van der Waals surface area (Å²) in [6.07, 6.45) is 0.418. The number of amides is 1. The molecule has 29 heavy (non-hydrogen) atoms. The first-order valence-corrected chi connectivity index (χ1v) is 10.4. The van der Waals surface area contributed by atoms with Crippen molar-refractivity contribution in [2.75, 3.05) is 20.8 Å². The topological polar surface area (TPSA) is 69.7 Å². The number of thiazole rings is 1. The average Bonchev–Trinajstić information content (AvgIpc) is 3.32. The van der Waals surface area contributed by atoms with Crippen LogP contribution in [-0.2, 0) is 4.79 Å². The molecule has 3 aromatic rings. The maximum Gasteiger partial charge on any atom is 0.220 e. The van der Waals surface area contributed by atoms with E-state index in [2.05, 4.69) is 16.4 Å². The molecule has 1 aliphatic rings. The van der Waals surface area contributed by atoms with Gasteiger partial charge in [0.1, 0.15) is 11.9 Å². The third kappa shape index (κ3) is 3.87. The van der Waals surface area contributed by atoms with Gasteiger partial charge in [0.2, 0.25) is 5.91 Å². The quantitative estimate of drug-likeness (QED) is 0.657. The molecule has 0 aliphatic carbocycles. The van der Waals surface area contributed by atoms with E-state index in [0.717, 1.165) is 32.1 Å². The van der Waals surface area contributed by atoms with E-state index in [1.165, 1.54) is 0 Å². The molecule has 1 unspecified atom stereocenters. The minimum atomic E-state index is -0.0831. The second-order valence-corrected chi connectivity index (χ2v) is 8.42. The molecule has 4 rings (SSSR count). The Morgan fingerprint density at radius 2 is 1.86 bits per heavy atom. The lowest BCUT2D eigenvalue weighted by atomic mass is 10.0. The largest absolute Gasteiger partial charge is 0.493 e. The van der Waals surface area contributed by atoms with Crippen molar-refractivity contribution >= 4 is 27.5 Å². The number of hydrogen-bond donors (Lipinski definition) is 1. The molecule has 0 saturated carbocycles. The highest BCUT2D eigenvalue weighted by Gasteiger charge is 2.28. The smallest absolute Gasteiger partial charge is 0.220 e. The molecule has 7 heteroatoms. The Kier molecular flexibility index (Phi) is 5.32. The predicted octanol–water partition coefficient (Wildman–Crippen LogP) is 4.19. The van der Waals surface area contributed by atoms with Gasteiger partial charge in [0.05, 0.1) is 29.4 Å². The highest BCUT2D eigenvalue weighted by atomic mass is 32.1. The van der Waals surface area contributed by atoms with E-state index in [0.29, 0.717) is 24.5 Å². The molecule has 0 bridgehead atoms. The van der Waals surface area contributed by atoms with Crippen LogP contribution in [0.15, 0.2) is 30.3 Å². The summed E-state index contributed by atoms with van der Waals surface area (Å²) < 4.78 is 18.2. The van der Waals surface area contributed by atoms with Crippen molar-refractivity contribution in [1.82, 2.24) is 10.3 Å². The second kappa shape index (κ2) is 7.91. The standard InChI is InChI=1S/C22H24N2O4S/c1-12(16-10-21(25)23-11-16)28-20-9-15(7-17-22(20)29-13(2)24-17)14-5-6-18(26-3)19(8-14)27-4/h5-9,12,16H,10-11H2,1-4H3,(H,23,25)/t12?,16-/m1/s1. The molecule has 1 amide bonds. The van der Waals surface area contributed by atoms with Crippen LogP contribution in [0.2, 0.25) is 0 Å². The summed E-state index contributed by atoms with van der Waals surface area (Å²) in [6, 6.07) is 9.95. The van der Waals surface area contributed by atoms with Crippen molar-refractivity contribution in [2.24, 2.45) is 5.92 Å². The fraction of sp³-hybridized carbons (Fsp3) is 0.364. The summed E-state index contributed by atoms with van der Waals surface area (Å²) in [5, 5.41) is 3.87. The van der Waals surface area contributed by atoms with Crippen LogP contribution in [0.25, 0.3) is 21.3 Å². The van der Waals surface area contributed by atoms with Crippen molar-refractivity contribution in [2.45, 2.75) is 26.4 Å². The maximum absolute atomic E-state index is 11.6. The van der Waals surface area contributed by atoms with Crippen molar-refractivity contribution in [3.8, 4) is 28.4 Å². The lowest BCUT2D eigenvalue weighted by molar-refractivity contribution is -0.119. The van der Waals surface area contributed by atoms with Gasteiger partial charge in [-0.15, -0.1) is 11.3 Å². The molecule has 1 aliphatic heterocycles. The van der Waals surface area contributed by atoms with E-state index >= 15 is 0 Å². The minimum Gasteiger partial charge on any atom is -0.493 e. The molecule has 1 fully saturated rings. The zero-order valence-corrected chi connectivity index (χ0v) is 17.8. The molecule has 0 spiro atoms. The Hall–Kier alpha value is -2.80. The van der Waals surface area contributed by atoms with Gasteiger partial charge in [0.25, 0.3) is 0 Å². The maximum atomic E-state index is 11.6. The van der Waals surface area contributed by atoms with Crippen molar-refractivity contribution in [1.29, 1.82) is 0 Å². The van der Waals surface area contributed by atoms with E-state index < -0.39 is 0 Å². The molecule has 152 valence electrons. The first kappa shape index (κ1) is 19.5. The SMILES string of the molecule is COc1ccc(-c2cc(OC(C)[C@H]3CNC(=O)C3)c3sc(C)nc3c2)cc1OC. The number of aryl methyl sites for hydroxylation is 1. The van der Waals surface area contributed by atoms with Gasteiger partial charge < -0.3 is 19.5 Å². The fourth-order valence-electron chi connectivity index (χ4n) is 3.64. The van der Waals surface area contributed by atoms with Gasteiger partial charge in [-0.2, -0.15) is 0 Å². The number of hydrogen-bond acceptors (Lipinski definition) is 6. The molecule has 1 N–H and O–H groups in total. The van der Waals surface area contributed by atoms with Crippen LogP contribution in [-0.4, -0.2) is 37.8 Å². The van der Waals surface area contributed by atoms with Gasteiger partial charge in [0, 0.05) is 18.9 Å². The predicted molar refractivity (Wildman–Crippen MR) is 114 cm³/mol. The monoisotopic (exact) mass is 412 g/mol. The average molecular weight is 413 g/mol. The number of nitrogens with one attached hydrogen (secondary N) is 1. The number of carbonyl (C=O) groups excluding carboxylic acids is 1. The third-order valence-electron chi connectivity index (χ3n) is 5.27. The van der Waals surface area contributed by atoms with Gasteiger partial charge in [-0.1, -0.05) is 6.07 Å². The molecule has 1 aromatic heterocycles. The first-order chi connectivity index (χ1) is 14.0. The summed E-state index contributed by atoms with van der Waals surface area (Å²) in [6.45, 7) is 4.67. The zero-order valence-electron chi connectivity index (χ0n) is 16.9. The molecule has 2 atom stereocenters. The molecule has 2 heterocycles. The fourth-order valence-corrected chi connectivity index (χ4v) is 4.50. The Labute approximate surface area is 173 Å². The normalized spacial score (nSPS) is 17.2. The number of aromatic nitrogens is 1. The summed E-state index contributed by atoms with van der Waals surface area (Å²) in [5.41, 5.74) is 2.89. The lowest BCUT2D eigenvalue weighted by Crippen LogP contribution is -2.25. The van der Waals surface area contributed by atoms with Gasteiger partial charge in [-0.05, 0) is 49.2 Å². The number of nitrogens with zero attached hydrogens (tertiary/aromatic N) is 1. The number of methoxy groups -OCH3 is 2. The molecule has 0 radical (unpaired) electrons. The van der Waals surface area contributed by atoms with E-state index in [1.54, 1.807) is 25.6 Å². The van der Waals surface area contributed by atoms with Crippen LogP contribution in [0.3, 0.4) is 0 Å². The Bertz CT molecular complexity index is 1060. The summed E-state index contributed by atoms with van der Waals surface area (Å²) >= 11 is 1.62. The van der Waals surface area contributed by atoms with Gasteiger partial charge >= 0.3 is 0 Å². The van der Waals surface area contributed by atoms with Gasteiger partial charge in [0.15, 0.2) is 11.5 Å². The molecular formula is C22H24N2O4S. The summed E-state index contributed by atoms with van der Waals surface area (Å²) in [4.78, 5) is 16.3. The first-order valence-electron chi connectivity index (χ1n) is 9.55. The zero-order chi connectivity index (χ0) is 20.5. The van der Waals surface area contributed by atoms with Crippen LogP contribution in [0, 0.1) is 12.8 Å². The minimum absolute atomic E-state index is 0.0831. The molecule has 2 aromatic carbocycles. The van der Waals surface area contributed by atoms with E-state index in [9.17, 15) is 4.79 Å². The number of ether oxygens (including phenoxy) is 3. The number of rotatable bonds is 6. The Morgan fingerprint density at radius 1 is 1.10 bits per heavy atom. The van der Waals surface area contributed by atoms with E-state index in [-0.39, 0.29) is 17.9 Å². The molecule has 6 nitrogen and oxygen atoms in total. The Morgan fingerprint density at radius 3 is 2.55 bits per heavy atom. The number of benzene rings is 2. The highest BCUT2D eigenvalue weighted by molar-refractivity contribution is 7.18. The van der Waals surface area contributed by atoms with Crippen LogP contribution in [0.5, 0.6) is 17.2 Å². The number of fused-ring (bicyclic) bond motifs is 1. The molecular weight excluding hydrogens is 388 g/mol. The van der Waals surface area contributed by atoms with E-state index in [1.807, 2.05) is 38.1 Å². The van der Waals surface area contributed by atoms with Crippen LogP contribution >= 0.6 is 11.3 Å². The van der Waals surface area contributed by atoms with Crippen LogP contribution in [0.1, 0.15) is 18.4 Å². The Balaban J connectivity index is 1.73. The van der Waals surface area contributed by atoms with Crippen molar-refractivity contribution in [3.05, 3.63) is 35.3 Å². The lowest BCUT2D eigenvalue weighted by Gasteiger charge is -2.20. The second-order valence-electron chi connectivity index (χ2n) is 7.22. The van der Waals surface area contributed by atoms with Gasteiger partial charge in [-0.25, -0.2) is 4.98 Å². The van der Waals surface area contributed by atoms with Crippen LogP contribution in [0.4, 0.5) is 0 Å². The van der Waals surface area contributed by atoms with Gasteiger partial charge in [-0.3, -0.25) is 4.79 Å².